The summed E-state index contributed by atoms with van der Waals surface area (Å²) in [7, 11) is 1.37. The molecule has 0 aromatic carbocycles. The van der Waals surface area contributed by atoms with Gasteiger partial charge < -0.3 is 9.84 Å². The van der Waals surface area contributed by atoms with Gasteiger partial charge in [0.05, 0.1) is 0 Å². The predicted octanol–water partition coefficient (Wildman–Crippen LogP) is -2.75. The number of methoxy groups -OCH3 is 1. The van der Waals surface area contributed by atoms with E-state index < -0.39 is 0 Å². The second-order valence-electron chi connectivity index (χ2n) is 1.49. The molecule has 0 amide bonds. The Hall–Kier alpha value is -0.0626. The van der Waals surface area contributed by atoms with E-state index in [1.54, 1.807) is 13.8 Å². The van der Waals surface area contributed by atoms with Gasteiger partial charge >= 0.3 is 18.9 Å². The van der Waals surface area contributed by atoms with Crippen LogP contribution in [0.4, 0.5) is 0 Å². The van der Waals surface area contributed by atoms with Gasteiger partial charge in [-0.3, -0.25) is 0 Å². The zero-order valence-corrected chi connectivity index (χ0v) is 5.82. The molecule has 0 aliphatic carbocycles. The van der Waals surface area contributed by atoms with E-state index in [4.69, 9.17) is 0 Å². The third-order valence-electron chi connectivity index (χ3n) is 0.594. The Bertz CT molecular complexity index is 84.4. The zero-order chi connectivity index (χ0) is 5.86. The van der Waals surface area contributed by atoms with Crippen molar-refractivity contribution < 1.29 is 28.7 Å². The maximum absolute atomic E-state index is 10.3. The van der Waals surface area contributed by atoms with Gasteiger partial charge in [0.15, 0.2) is 0 Å². The van der Waals surface area contributed by atoms with Crippen molar-refractivity contribution in [3.63, 3.8) is 0 Å². The van der Waals surface area contributed by atoms with Gasteiger partial charge in [-0.2, -0.15) is 0 Å². The van der Waals surface area contributed by atoms with E-state index in [-0.39, 0.29) is 24.8 Å². The molecule has 0 aromatic heterocycles. The van der Waals surface area contributed by atoms with Crippen LogP contribution in [0.15, 0.2) is 11.5 Å². The van der Waals surface area contributed by atoms with Crippen LogP contribution in [0.3, 0.4) is 0 Å². The van der Waals surface area contributed by atoms with E-state index in [0.717, 1.165) is 0 Å². The van der Waals surface area contributed by atoms with Crippen LogP contribution >= 0.6 is 0 Å². The standard InChI is InChI=1S/C5H10O2.Li/c1-4(2)5(6)7-3;/h6H,1-3H3;/q;+1/p-1. The van der Waals surface area contributed by atoms with Crippen LogP contribution < -0.4 is 24.0 Å². The molecule has 0 rings (SSSR count). The molecule has 0 aromatic rings. The molecule has 0 saturated heterocycles. The smallest absolute Gasteiger partial charge is 0.617 e. The summed E-state index contributed by atoms with van der Waals surface area (Å²) in [5.74, 6) is -0.236. The molecule has 0 unspecified atom stereocenters. The van der Waals surface area contributed by atoms with Crippen molar-refractivity contribution in [3.05, 3.63) is 11.5 Å². The SMILES string of the molecule is COC([O-])=C(C)C.[Li+]. The van der Waals surface area contributed by atoms with E-state index in [2.05, 4.69) is 4.74 Å². The summed E-state index contributed by atoms with van der Waals surface area (Å²) in [5.41, 5.74) is 0.683. The molecule has 0 saturated carbocycles. The summed E-state index contributed by atoms with van der Waals surface area (Å²) in [6.07, 6.45) is 0. The van der Waals surface area contributed by atoms with Crippen LogP contribution in [0.25, 0.3) is 0 Å². The first-order valence-electron chi connectivity index (χ1n) is 2.07. The minimum absolute atomic E-state index is 0. The largest absolute Gasteiger partial charge is 1.00 e. The van der Waals surface area contributed by atoms with Crippen LogP contribution in [0.1, 0.15) is 13.8 Å². The Morgan fingerprint density at radius 2 is 1.75 bits per heavy atom. The van der Waals surface area contributed by atoms with E-state index in [1.165, 1.54) is 7.11 Å². The molecule has 0 aliphatic heterocycles. The molecule has 8 heavy (non-hydrogen) atoms. The van der Waals surface area contributed by atoms with Crippen LogP contribution in [-0.4, -0.2) is 7.11 Å². The molecule has 2 nitrogen and oxygen atoms in total. The summed E-state index contributed by atoms with van der Waals surface area (Å²) in [5, 5.41) is 10.3. The van der Waals surface area contributed by atoms with Crippen LogP contribution in [0.5, 0.6) is 0 Å². The van der Waals surface area contributed by atoms with Gasteiger partial charge in [-0.05, 0) is 21.0 Å². The quantitative estimate of drug-likeness (QED) is 0.269. The van der Waals surface area contributed by atoms with Crippen LogP contribution in [0.2, 0.25) is 0 Å². The molecule has 42 valence electrons. The summed E-state index contributed by atoms with van der Waals surface area (Å²) in [6.45, 7) is 3.43. The first-order valence-corrected chi connectivity index (χ1v) is 2.07. The summed E-state index contributed by atoms with van der Waals surface area (Å²) < 4.78 is 4.34. The fourth-order valence-corrected chi connectivity index (χ4v) is 0.204. The molecule has 0 fully saturated rings. The molecule has 3 heteroatoms. The molecule has 0 bridgehead atoms. The Morgan fingerprint density at radius 1 is 1.38 bits per heavy atom. The Balaban J connectivity index is 0. The summed E-state index contributed by atoms with van der Waals surface area (Å²) in [4.78, 5) is 0. The van der Waals surface area contributed by atoms with Gasteiger partial charge in [0, 0.05) is 5.95 Å². The molecule has 0 atom stereocenters. The molecule has 0 N–H and O–H groups in total. The third-order valence-corrected chi connectivity index (χ3v) is 0.594. The summed E-state index contributed by atoms with van der Waals surface area (Å²) in [6, 6.07) is 0. The summed E-state index contributed by atoms with van der Waals surface area (Å²) >= 11 is 0. The van der Waals surface area contributed by atoms with E-state index in [1.807, 2.05) is 0 Å². The van der Waals surface area contributed by atoms with Crippen LogP contribution in [-0.2, 0) is 4.74 Å². The third kappa shape index (κ3) is 4.11. The van der Waals surface area contributed by atoms with Crippen molar-refractivity contribution in [1.29, 1.82) is 0 Å². The van der Waals surface area contributed by atoms with Crippen molar-refractivity contribution >= 4 is 0 Å². The molecular formula is C5H9LiO2. The number of hydrogen-bond donors (Lipinski definition) is 0. The van der Waals surface area contributed by atoms with Gasteiger partial charge in [-0.25, -0.2) is 0 Å². The Morgan fingerprint density at radius 3 is 1.75 bits per heavy atom. The van der Waals surface area contributed by atoms with E-state index >= 15 is 0 Å². The molecule has 0 heterocycles. The average Bonchev–Trinajstić information content (AvgIpc) is 1.65. The van der Waals surface area contributed by atoms with Crippen molar-refractivity contribution in [2.45, 2.75) is 13.8 Å². The number of ether oxygens (including phenoxy) is 1. The zero-order valence-electron chi connectivity index (χ0n) is 5.82. The van der Waals surface area contributed by atoms with Gasteiger partial charge in [0.1, 0.15) is 0 Å². The minimum Gasteiger partial charge on any atom is -0.617 e. The minimum atomic E-state index is -0.236. The van der Waals surface area contributed by atoms with E-state index in [0.29, 0.717) is 5.57 Å². The molecule has 0 aliphatic rings. The fourth-order valence-electron chi connectivity index (χ4n) is 0.204. The first kappa shape index (κ1) is 10.8. The van der Waals surface area contributed by atoms with Crippen molar-refractivity contribution in [1.82, 2.24) is 0 Å². The number of hydrogen-bond acceptors (Lipinski definition) is 2. The maximum Gasteiger partial charge on any atom is 1.00 e. The van der Waals surface area contributed by atoms with E-state index in [9.17, 15) is 5.11 Å². The second-order valence-corrected chi connectivity index (χ2v) is 1.49. The van der Waals surface area contributed by atoms with Gasteiger partial charge in [-0.15, -0.1) is 0 Å². The normalized spacial score (nSPS) is 6.88. The Labute approximate surface area is 61.7 Å². The van der Waals surface area contributed by atoms with Crippen molar-refractivity contribution in [3.8, 4) is 0 Å². The monoisotopic (exact) mass is 108 g/mol. The Kier molecular flexibility index (Phi) is 6.88. The first-order chi connectivity index (χ1) is 3.18. The molecule has 0 spiro atoms. The predicted molar refractivity (Wildman–Crippen MR) is 25.4 cm³/mol. The second kappa shape index (κ2) is 5.08. The average molecular weight is 108 g/mol. The van der Waals surface area contributed by atoms with Gasteiger partial charge in [0.25, 0.3) is 0 Å². The number of allylic oxidation sites excluding steroid dienone is 1. The van der Waals surface area contributed by atoms with Crippen molar-refractivity contribution in [2.75, 3.05) is 7.11 Å². The molecular weight excluding hydrogens is 99.0 g/mol. The number of rotatable bonds is 1. The van der Waals surface area contributed by atoms with Crippen LogP contribution in [0, 0.1) is 0 Å². The topological polar surface area (TPSA) is 32.3 Å². The van der Waals surface area contributed by atoms with Gasteiger partial charge in [0.2, 0.25) is 0 Å². The van der Waals surface area contributed by atoms with Crippen molar-refractivity contribution in [2.24, 2.45) is 0 Å². The van der Waals surface area contributed by atoms with Gasteiger partial charge in [-0.1, -0.05) is 5.57 Å². The molecule has 0 radical (unpaired) electrons. The fraction of sp³-hybridized carbons (Fsp3) is 0.600. The maximum atomic E-state index is 10.3.